The van der Waals surface area contributed by atoms with E-state index in [4.69, 9.17) is 5.11 Å². The minimum absolute atomic E-state index is 0.240. The van der Waals surface area contributed by atoms with Crippen molar-refractivity contribution in [3.8, 4) is 10.6 Å². The molecule has 0 unspecified atom stereocenters. The second-order valence-electron chi connectivity index (χ2n) is 3.58. The average molecular weight is 330 g/mol. The lowest BCUT2D eigenvalue weighted by atomic mass is 10.2. The first-order chi connectivity index (χ1) is 8.52. The van der Waals surface area contributed by atoms with E-state index >= 15 is 0 Å². The molecule has 0 saturated heterocycles. The first kappa shape index (κ1) is 13.2. The smallest absolute Gasteiger partial charge is 0.347 e. The van der Waals surface area contributed by atoms with Gasteiger partial charge < -0.3 is 5.11 Å². The van der Waals surface area contributed by atoms with Crippen LogP contribution < -0.4 is 0 Å². The fraction of sp³-hybridized carbons (Fsp3) is 0.167. The normalized spacial score (nSPS) is 10.6. The Labute approximate surface area is 115 Å². The van der Waals surface area contributed by atoms with Crippen molar-refractivity contribution in [2.24, 2.45) is 0 Å². The van der Waals surface area contributed by atoms with Gasteiger partial charge in [-0.25, -0.2) is 14.2 Å². The predicted octanol–water partition coefficient (Wildman–Crippen LogP) is 3.97. The molecule has 0 aliphatic rings. The lowest BCUT2D eigenvalue weighted by molar-refractivity contribution is 0.0701. The Kier molecular flexibility index (Phi) is 3.77. The number of carboxylic acid groups (broad SMARTS) is 1. The highest BCUT2D eigenvalue weighted by atomic mass is 79.9. The van der Waals surface area contributed by atoms with E-state index in [0.29, 0.717) is 27.2 Å². The van der Waals surface area contributed by atoms with Gasteiger partial charge in [0.05, 0.1) is 5.69 Å². The van der Waals surface area contributed by atoms with E-state index in [1.54, 1.807) is 6.07 Å². The summed E-state index contributed by atoms with van der Waals surface area (Å²) < 4.78 is 13.6. The van der Waals surface area contributed by atoms with Crippen LogP contribution in [0.25, 0.3) is 10.6 Å². The molecule has 0 amide bonds. The summed E-state index contributed by atoms with van der Waals surface area (Å²) in [6.45, 7) is 1.85. The Morgan fingerprint density at radius 3 is 2.78 bits per heavy atom. The van der Waals surface area contributed by atoms with E-state index < -0.39 is 5.97 Å². The Bertz CT molecular complexity index is 612. The zero-order valence-electron chi connectivity index (χ0n) is 9.41. The summed E-state index contributed by atoms with van der Waals surface area (Å²) in [6, 6.07) is 4.25. The average Bonchev–Trinajstić information content (AvgIpc) is 2.73. The van der Waals surface area contributed by atoms with Crippen LogP contribution in [0.1, 0.15) is 22.3 Å². The topological polar surface area (TPSA) is 50.2 Å². The first-order valence-corrected chi connectivity index (χ1v) is 6.82. The van der Waals surface area contributed by atoms with Gasteiger partial charge in [0.25, 0.3) is 0 Å². The molecule has 0 saturated carbocycles. The van der Waals surface area contributed by atoms with E-state index in [9.17, 15) is 9.18 Å². The molecule has 3 nitrogen and oxygen atoms in total. The molecule has 18 heavy (non-hydrogen) atoms. The van der Waals surface area contributed by atoms with Gasteiger partial charge in [0.15, 0.2) is 0 Å². The van der Waals surface area contributed by atoms with Crippen molar-refractivity contribution in [2.45, 2.75) is 13.3 Å². The molecule has 1 N–H and O–H groups in total. The molecule has 94 valence electrons. The summed E-state index contributed by atoms with van der Waals surface area (Å²) in [7, 11) is 0. The largest absolute Gasteiger partial charge is 0.477 e. The van der Waals surface area contributed by atoms with E-state index in [-0.39, 0.29) is 10.7 Å². The van der Waals surface area contributed by atoms with Crippen molar-refractivity contribution in [3.63, 3.8) is 0 Å². The van der Waals surface area contributed by atoms with Crippen LogP contribution in [0.4, 0.5) is 4.39 Å². The number of carbonyl (C=O) groups is 1. The number of aryl methyl sites for hydroxylation is 1. The standard InChI is InChI=1S/C12H9BrFNO2S/c1-2-9-10(12(16)17)18-11(15-9)7-4-3-6(14)5-8(7)13/h3-5H,2H2,1H3,(H,16,17). The van der Waals surface area contributed by atoms with Gasteiger partial charge in [-0.15, -0.1) is 11.3 Å². The predicted molar refractivity (Wildman–Crippen MR) is 71.5 cm³/mol. The van der Waals surface area contributed by atoms with E-state index in [1.165, 1.54) is 12.1 Å². The molecule has 1 heterocycles. The third kappa shape index (κ3) is 2.44. The summed E-state index contributed by atoms with van der Waals surface area (Å²) in [5.74, 6) is -1.33. The van der Waals surface area contributed by atoms with Crippen molar-refractivity contribution in [2.75, 3.05) is 0 Å². The Morgan fingerprint density at radius 2 is 2.28 bits per heavy atom. The Hall–Kier alpha value is -1.27. The highest BCUT2D eigenvalue weighted by Gasteiger charge is 2.18. The summed E-state index contributed by atoms with van der Waals surface area (Å²) in [4.78, 5) is 15.6. The molecule has 0 fully saturated rings. The van der Waals surface area contributed by atoms with Crippen LogP contribution in [0.15, 0.2) is 22.7 Å². The maximum atomic E-state index is 13.0. The summed E-state index contributed by atoms with van der Waals surface area (Å²) in [5, 5.41) is 9.65. The highest BCUT2D eigenvalue weighted by Crippen LogP contribution is 2.33. The molecule has 2 aromatic rings. The SMILES string of the molecule is CCc1nc(-c2ccc(F)cc2Br)sc1C(=O)O. The van der Waals surface area contributed by atoms with Gasteiger partial charge >= 0.3 is 5.97 Å². The van der Waals surface area contributed by atoms with Crippen molar-refractivity contribution < 1.29 is 14.3 Å². The molecule has 0 atom stereocenters. The molecule has 6 heteroatoms. The number of carboxylic acids is 1. The highest BCUT2D eigenvalue weighted by molar-refractivity contribution is 9.10. The first-order valence-electron chi connectivity index (χ1n) is 5.21. The number of aromatic carboxylic acids is 1. The van der Waals surface area contributed by atoms with Gasteiger partial charge in [-0.3, -0.25) is 0 Å². The fourth-order valence-corrected chi connectivity index (χ4v) is 3.24. The van der Waals surface area contributed by atoms with Gasteiger partial charge in [0.1, 0.15) is 15.7 Å². The zero-order chi connectivity index (χ0) is 13.3. The van der Waals surface area contributed by atoms with Gasteiger partial charge in [0.2, 0.25) is 0 Å². The summed E-state index contributed by atoms with van der Waals surface area (Å²) in [6.07, 6.45) is 0.553. The minimum atomic E-state index is -0.978. The number of nitrogens with zero attached hydrogens (tertiary/aromatic N) is 1. The molecule has 0 bridgehead atoms. The van der Waals surface area contributed by atoms with Crippen molar-refractivity contribution in [1.82, 2.24) is 4.98 Å². The fourth-order valence-electron chi connectivity index (χ4n) is 1.54. The van der Waals surface area contributed by atoms with Gasteiger partial charge in [-0.1, -0.05) is 6.92 Å². The molecule has 0 aliphatic carbocycles. The number of hydrogen-bond acceptors (Lipinski definition) is 3. The summed E-state index contributed by atoms with van der Waals surface area (Å²) in [5.41, 5.74) is 1.25. The van der Waals surface area contributed by atoms with E-state index in [2.05, 4.69) is 20.9 Å². The Morgan fingerprint density at radius 1 is 1.56 bits per heavy atom. The zero-order valence-corrected chi connectivity index (χ0v) is 11.8. The van der Waals surface area contributed by atoms with Crippen LogP contribution >= 0.6 is 27.3 Å². The number of hydrogen-bond donors (Lipinski definition) is 1. The molecule has 1 aromatic heterocycles. The van der Waals surface area contributed by atoms with E-state index in [1.807, 2.05) is 6.92 Å². The van der Waals surface area contributed by atoms with Crippen molar-refractivity contribution in [1.29, 1.82) is 0 Å². The maximum absolute atomic E-state index is 13.0. The monoisotopic (exact) mass is 329 g/mol. The second kappa shape index (κ2) is 5.16. The van der Waals surface area contributed by atoms with E-state index in [0.717, 1.165) is 11.3 Å². The number of benzene rings is 1. The van der Waals surface area contributed by atoms with Gasteiger partial charge in [-0.05, 0) is 40.5 Å². The molecule has 0 radical (unpaired) electrons. The molecular weight excluding hydrogens is 321 g/mol. The van der Waals surface area contributed by atoms with Crippen LogP contribution in [0.5, 0.6) is 0 Å². The minimum Gasteiger partial charge on any atom is -0.477 e. The number of halogens is 2. The number of aromatic nitrogens is 1. The molecule has 0 aliphatic heterocycles. The van der Waals surface area contributed by atoms with Crippen molar-refractivity contribution >= 4 is 33.2 Å². The second-order valence-corrected chi connectivity index (χ2v) is 5.43. The summed E-state index contributed by atoms with van der Waals surface area (Å²) >= 11 is 4.36. The van der Waals surface area contributed by atoms with Crippen LogP contribution in [0, 0.1) is 5.82 Å². The number of rotatable bonds is 3. The van der Waals surface area contributed by atoms with Gasteiger partial charge in [-0.2, -0.15) is 0 Å². The third-order valence-corrected chi connectivity index (χ3v) is 4.16. The quantitative estimate of drug-likeness (QED) is 0.926. The third-order valence-electron chi connectivity index (χ3n) is 2.39. The molecular formula is C12H9BrFNO2S. The molecule has 0 spiro atoms. The van der Waals surface area contributed by atoms with Crippen LogP contribution in [-0.4, -0.2) is 16.1 Å². The lowest BCUT2D eigenvalue weighted by Crippen LogP contribution is -1.97. The van der Waals surface area contributed by atoms with Crippen LogP contribution in [0.2, 0.25) is 0 Å². The van der Waals surface area contributed by atoms with Crippen LogP contribution in [0.3, 0.4) is 0 Å². The van der Waals surface area contributed by atoms with Crippen molar-refractivity contribution in [3.05, 3.63) is 39.1 Å². The lowest BCUT2D eigenvalue weighted by Gasteiger charge is -1.99. The maximum Gasteiger partial charge on any atom is 0.347 e. The van der Waals surface area contributed by atoms with Gasteiger partial charge in [0, 0.05) is 10.0 Å². The van der Waals surface area contributed by atoms with Crippen LogP contribution in [-0.2, 0) is 6.42 Å². The molecule has 2 rings (SSSR count). The Balaban J connectivity index is 2.54. The molecule has 1 aromatic carbocycles. The number of thiazole rings is 1.